The molecule has 1 atom stereocenters. The summed E-state index contributed by atoms with van der Waals surface area (Å²) in [7, 11) is -3.98. The van der Waals surface area contributed by atoms with Crippen LogP contribution >= 0.6 is 46.4 Å². The predicted octanol–water partition coefficient (Wildman–Crippen LogP) is 7.16. The molecule has 12 heteroatoms. The third kappa shape index (κ3) is 9.25. The maximum Gasteiger partial charge on any atom is 0.244 e. The van der Waals surface area contributed by atoms with Crippen molar-refractivity contribution >= 4 is 73.9 Å². The third-order valence-corrected chi connectivity index (χ3v) is 9.82. The van der Waals surface area contributed by atoms with Crippen molar-refractivity contribution in [3.05, 3.63) is 97.9 Å². The molecule has 3 aromatic rings. The molecule has 230 valence electrons. The highest BCUT2D eigenvalue weighted by molar-refractivity contribution is 7.92. The number of hydrogen-bond acceptors (Lipinski definition) is 4. The lowest BCUT2D eigenvalue weighted by Crippen LogP contribution is -2.55. The van der Waals surface area contributed by atoms with Crippen LogP contribution in [0.4, 0.5) is 5.69 Å². The van der Waals surface area contributed by atoms with Crippen molar-refractivity contribution in [3.8, 4) is 0 Å². The van der Waals surface area contributed by atoms with Crippen LogP contribution in [0.3, 0.4) is 0 Å². The van der Waals surface area contributed by atoms with Crippen LogP contribution < -0.4 is 9.62 Å². The normalized spacial score (nSPS) is 14.6. The second-order valence-corrected chi connectivity index (χ2v) is 14.2. The molecule has 0 radical (unpaired) electrons. The lowest BCUT2D eigenvalue weighted by molar-refractivity contribution is -0.140. The van der Waals surface area contributed by atoms with Gasteiger partial charge >= 0.3 is 0 Å². The molecule has 7 nitrogen and oxygen atoms in total. The van der Waals surface area contributed by atoms with Crippen LogP contribution in [-0.2, 0) is 32.6 Å². The van der Waals surface area contributed by atoms with Gasteiger partial charge in [0.1, 0.15) is 12.6 Å². The first kappa shape index (κ1) is 33.4. The van der Waals surface area contributed by atoms with E-state index in [9.17, 15) is 18.0 Å². The highest BCUT2D eigenvalue weighted by Crippen LogP contribution is 2.31. The molecule has 1 fully saturated rings. The van der Waals surface area contributed by atoms with Crippen LogP contribution in [0.2, 0.25) is 20.1 Å². The molecule has 1 N–H and O–H groups in total. The Hall–Kier alpha value is -2.49. The summed E-state index contributed by atoms with van der Waals surface area (Å²) in [5.41, 5.74) is 1.57. The van der Waals surface area contributed by atoms with Crippen molar-refractivity contribution in [1.82, 2.24) is 10.2 Å². The molecule has 0 heterocycles. The Bertz CT molecular complexity index is 1550. The number of rotatable bonds is 11. The van der Waals surface area contributed by atoms with Crippen molar-refractivity contribution in [2.75, 3.05) is 17.1 Å². The van der Waals surface area contributed by atoms with Gasteiger partial charge in [0.15, 0.2) is 0 Å². The fourth-order valence-electron chi connectivity index (χ4n) is 5.21. The van der Waals surface area contributed by atoms with Crippen LogP contribution in [0.25, 0.3) is 0 Å². The molecular formula is C31H33Cl4N3O4S. The van der Waals surface area contributed by atoms with Gasteiger partial charge in [0.2, 0.25) is 21.8 Å². The number of anilines is 1. The Balaban J connectivity index is 1.75. The van der Waals surface area contributed by atoms with Gasteiger partial charge in [-0.3, -0.25) is 13.9 Å². The molecule has 0 aromatic heterocycles. The Kier molecular flexibility index (Phi) is 11.6. The number of halogens is 4. The van der Waals surface area contributed by atoms with E-state index < -0.39 is 28.5 Å². The van der Waals surface area contributed by atoms with Gasteiger partial charge in [-0.25, -0.2) is 8.42 Å². The summed E-state index contributed by atoms with van der Waals surface area (Å²) in [5.74, 6) is -0.901. The molecule has 1 saturated carbocycles. The van der Waals surface area contributed by atoms with Gasteiger partial charge in [-0.15, -0.1) is 0 Å². The van der Waals surface area contributed by atoms with Crippen LogP contribution in [0.5, 0.6) is 0 Å². The van der Waals surface area contributed by atoms with E-state index >= 15 is 0 Å². The van der Waals surface area contributed by atoms with Gasteiger partial charge in [0.25, 0.3) is 0 Å². The summed E-state index contributed by atoms with van der Waals surface area (Å²) in [6, 6.07) is 17.7. The smallest absolute Gasteiger partial charge is 0.244 e. The first-order chi connectivity index (χ1) is 20.4. The van der Waals surface area contributed by atoms with E-state index in [0.717, 1.165) is 48.2 Å². The van der Waals surface area contributed by atoms with Crippen molar-refractivity contribution in [3.63, 3.8) is 0 Å². The second kappa shape index (κ2) is 15.0. The fourth-order valence-corrected chi connectivity index (χ4v) is 6.95. The molecule has 1 aliphatic rings. The summed E-state index contributed by atoms with van der Waals surface area (Å²) in [6.07, 6.45) is 6.09. The average Bonchev–Trinajstić information content (AvgIpc) is 2.96. The van der Waals surface area contributed by atoms with Crippen LogP contribution in [0, 0.1) is 0 Å². The van der Waals surface area contributed by atoms with Gasteiger partial charge in [-0.2, -0.15) is 0 Å². The lowest BCUT2D eigenvalue weighted by Gasteiger charge is -2.35. The fraction of sp³-hybridized carbons (Fsp3) is 0.355. The Morgan fingerprint density at radius 2 is 1.56 bits per heavy atom. The van der Waals surface area contributed by atoms with Crippen molar-refractivity contribution in [1.29, 1.82) is 0 Å². The largest absolute Gasteiger partial charge is 0.352 e. The van der Waals surface area contributed by atoms with Gasteiger partial charge < -0.3 is 10.2 Å². The van der Waals surface area contributed by atoms with E-state index in [2.05, 4.69) is 5.32 Å². The number of hydrogen-bond donors (Lipinski definition) is 1. The minimum atomic E-state index is -3.98. The number of amides is 2. The highest BCUT2D eigenvalue weighted by atomic mass is 35.5. The zero-order valence-corrected chi connectivity index (χ0v) is 27.5. The van der Waals surface area contributed by atoms with E-state index in [0.29, 0.717) is 20.6 Å². The van der Waals surface area contributed by atoms with Crippen molar-refractivity contribution in [2.45, 2.75) is 57.2 Å². The highest BCUT2D eigenvalue weighted by Gasteiger charge is 2.34. The zero-order chi connectivity index (χ0) is 31.1. The number of nitrogens with one attached hydrogen (secondary N) is 1. The van der Waals surface area contributed by atoms with Crippen LogP contribution in [0.15, 0.2) is 66.7 Å². The molecule has 4 rings (SSSR count). The van der Waals surface area contributed by atoms with Crippen LogP contribution in [-0.4, -0.2) is 50.0 Å². The van der Waals surface area contributed by atoms with E-state index in [4.69, 9.17) is 46.4 Å². The van der Waals surface area contributed by atoms with Gasteiger partial charge in [-0.1, -0.05) is 102 Å². The minimum absolute atomic E-state index is 0.00171. The van der Waals surface area contributed by atoms with Crippen molar-refractivity contribution in [2.24, 2.45) is 0 Å². The maximum absolute atomic E-state index is 14.2. The van der Waals surface area contributed by atoms with Gasteiger partial charge in [0, 0.05) is 24.0 Å². The Labute approximate surface area is 273 Å². The summed E-state index contributed by atoms with van der Waals surface area (Å²) in [6.45, 7) is -0.610. The Morgan fingerprint density at radius 3 is 2.19 bits per heavy atom. The Morgan fingerprint density at radius 1 is 0.860 bits per heavy atom. The van der Waals surface area contributed by atoms with E-state index in [1.165, 1.54) is 23.1 Å². The number of nitrogens with zero attached hydrogens (tertiary/aromatic N) is 2. The molecule has 1 aliphatic carbocycles. The molecule has 0 saturated heterocycles. The average molecular weight is 686 g/mol. The monoisotopic (exact) mass is 683 g/mol. The van der Waals surface area contributed by atoms with E-state index in [1.54, 1.807) is 18.2 Å². The topological polar surface area (TPSA) is 86.8 Å². The predicted molar refractivity (Wildman–Crippen MR) is 175 cm³/mol. The zero-order valence-electron chi connectivity index (χ0n) is 23.6. The van der Waals surface area contributed by atoms with Crippen molar-refractivity contribution < 1.29 is 18.0 Å². The SMILES string of the molecule is CS(=O)(=O)N(CC(=O)N(Cc1ccc(Cl)c(Cl)c1)[C@@H](Cc1ccccc1)C(=O)NC1CCCCC1)c1ccc(Cl)cc1Cl. The summed E-state index contributed by atoms with van der Waals surface area (Å²) in [4.78, 5) is 29.7. The standard InChI is InChI=1S/C31H33Cl4N3O4S/c1-43(41,42)38(28-15-13-23(32)18-27(28)35)20-30(39)37(19-22-12-14-25(33)26(34)16-22)29(17-21-8-4-2-5-9-21)31(40)36-24-10-6-3-7-11-24/h2,4-5,8-9,12-16,18,24,29H,3,6-7,10-11,17,19-20H2,1H3,(H,36,40)/t29-/m0/s1. The molecule has 0 unspecified atom stereocenters. The van der Waals surface area contributed by atoms with Crippen LogP contribution in [0.1, 0.15) is 43.2 Å². The molecule has 0 aliphatic heterocycles. The molecule has 3 aromatic carbocycles. The number of sulfonamides is 1. The summed E-state index contributed by atoms with van der Waals surface area (Å²) < 4.78 is 26.9. The molecule has 43 heavy (non-hydrogen) atoms. The number of benzene rings is 3. The second-order valence-electron chi connectivity index (χ2n) is 10.7. The molecule has 0 spiro atoms. The van der Waals surface area contributed by atoms with Gasteiger partial charge in [-0.05, 0) is 54.3 Å². The first-order valence-electron chi connectivity index (χ1n) is 13.9. The number of carbonyl (C=O) groups is 2. The third-order valence-electron chi connectivity index (χ3n) is 7.42. The lowest BCUT2D eigenvalue weighted by atomic mass is 9.94. The maximum atomic E-state index is 14.2. The van der Waals surface area contributed by atoms with E-state index in [1.807, 2.05) is 30.3 Å². The molecule has 0 bridgehead atoms. The summed E-state index contributed by atoms with van der Waals surface area (Å²) in [5, 5.41) is 4.19. The molecule has 2 amide bonds. The summed E-state index contributed by atoms with van der Waals surface area (Å²) >= 11 is 24.9. The molecular weight excluding hydrogens is 652 g/mol. The van der Waals surface area contributed by atoms with E-state index in [-0.39, 0.29) is 35.6 Å². The van der Waals surface area contributed by atoms with Gasteiger partial charge in [0.05, 0.1) is 27.0 Å². The first-order valence-corrected chi connectivity index (χ1v) is 17.3. The number of carbonyl (C=O) groups excluding carboxylic acids is 2. The minimum Gasteiger partial charge on any atom is -0.352 e. The quantitative estimate of drug-likeness (QED) is 0.232.